The van der Waals surface area contributed by atoms with Crippen LogP contribution in [0.15, 0.2) is 30.3 Å². The van der Waals surface area contributed by atoms with Gasteiger partial charge in [-0.15, -0.1) is 0 Å². The van der Waals surface area contributed by atoms with Crippen LogP contribution in [0.5, 0.6) is 0 Å². The normalized spacial score (nSPS) is 11.8. The van der Waals surface area contributed by atoms with Crippen LogP contribution < -0.4 is 5.32 Å². The van der Waals surface area contributed by atoms with Crippen molar-refractivity contribution in [3.63, 3.8) is 0 Å². The molecule has 0 aliphatic heterocycles. The molecule has 22 heavy (non-hydrogen) atoms. The minimum Gasteiger partial charge on any atom is -0.310 e. The quantitative estimate of drug-likeness (QED) is 0.934. The number of nitrogens with one attached hydrogen (secondary N) is 1. The molecule has 1 aromatic carbocycles. The number of benzene rings is 1. The molecule has 0 bridgehead atoms. The number of hydrogen-bond donors (Lipinski definition) is 1. The first-order valence-electron chi connectivity index (χ1n) is 7.36. The maximum Gasteiger partial charge on any atom is 0.228 e. The lowest BCUT2D eigenvalue weighted by Gasteiger charge is -2.14. The Morgan fingerprint density at radius 1 is 1.23 bits per heavy atom. The highest BCUT2D eigenvalue weighted by Gasteiger charge is 2.22. The Morgan fingerprint density at radius 3 is 2.32 bits per heavy atom. The van der Waals surface area contributed by atoms with Crippen molar-refractivity contribution in [1.29, 1.82) is 0 Å². The van der Waals surface area contributed by atoms with E-state index >= 15 is 0 Å². The van der Waals surface area contributed by atoms with Crippen LogP contribution in [0.4, 0.5) is 10.2 Å². The van der Waals surface area contributed by atoms with E-state index in [-0.39, 0.29) is 23.1 Å². The third kappa shape index (κ3) is 3.53. The molecule has 0 aliphatic rings. The summed E-state index contributed by atoms with van der Waals surface area (Å²) in [6.45, 7) is 9.83. The second-order valence-corrected chi connectivity index (χ2v) is 6.70. The second kappa shape index (κ2) is 5.91. The molecule has 118 valence electrons. The van der Waals surface area contributed by atoms with Gasteiger partial charge in [0.15, 0.2) is 0 Å². The molecule has 0 fully saturated rings. The molecule has 2 aromatic rings. The first-order valence-corrected chi connectivity index (χ1v) is 7.36. The molecule has 2 rings (SSSR count). The minimum absolute atomic E-state index is 0.0799. The molecule has 0 aliphatic carbocycles. The third-order valence-electron chi connectivity index (χ3n) is 3.32. The van der Waals surface area contributed by atoms with Gasteiger partial charge < -0.3 is 5.32 Å². The number of rotatable bonds is 3. The topological polar surface area (TPSA) is 46.9 Å². The van der Waals surface area contributed by atoms with Crippen LogP contribution in [0.3, 0.4) is 0 Å². The van der Waals surface area contributed by atoms with Crippen molar-refractivity contribution in [3.8, 4) is 5.69 Å². The Morgan fingerprint density at radius 2 is 1.82 bits per heavy atom. The van der Waals surface area contributed by atoms with E-state index < -0.39 is 0 Å². The van der Waals surface area contributed by atoms with E-state index in [1.54, 1.807) is 16.8 Å². The molecule has 1 amide bonds. The molecule has 0 unspecified atom stereocenters. The molecule has 1 aromatic heterocycles. The first-order chi connectivity index (χ1) is 10.2. The summed E-state index contributed by atoms with van der Waals surface area (Å²) < 4.78 is 14.8. The first kappa shape index (κ1) is 16.2. The lowest BCUT2D eigenvalue weighted by Crippen LogP contribution is -2.19. The molecular formula is C17H22FN3O. The lowest BCUT2D eigenvalue weighted by molar-refractivity contribution is -0.118. The fraction of sp³-hybridized carbons (Fsp3) is 0.412. The molecule has 0 saturated heterocycles. The average molecular weight is 303 g/mol. The maximum absolute atomic E-state index is 13.1. The largest absolute Gasteiger partial charge is 0.310 e. The van der Waals surface area contributed by atoms with Crippen LogP contribution in [0.2, 0.25) is 0 Å². The van der Waals surface area contributed by atoms with Gasteiger partial charge in [-0.3, -0.25) is 4.79 Å². The van der Waals surface area contributed by atoms with Crippen molar-refractivity contribution in [2.75, 3.05) is 5.32 Å². The second-order valence-electron chi connectivity index (χ2n) is 6.70. The molecule has 0 atom stereocenters. The summed E-state index contributed by atoms with van der Waals surface area (Å²) in [6.07, 6.45) is 0. The van der Waals surface area contributed by atoms with Gasteiger partial charge in [0.25, 0.3) is 0 Å². The van der Waals surface area contributed by atoms with Crippen LogP contribution in [0.25, 0.3) is 5.69 Å². The summed E-state index contributed by atoms with van der Waals surface area (Å²) in [5.74, 6) is 0.0772. The van der Waals surface area contributed by atoms with Crippen LogP contribution in [0, 0.1) is 11.7 Å². The summed E-state index contributed by atoms with van der Waals surface area (Å²) >= 11 is 0. The molecule has 5 heteroatoms. The molecular weight excluding hydrogens is 281 g/mol. The molecule has 1 heterocycles. The smallest absolute Gasteiger partial charge is 0.228 e. The number of anilines is 1. The Balaban J connectivity index is 2.48. The van der Waals surface area contributed by atoms with Crippen LogP contribution in [0.1, 0.15) is 40.3 Å². The zero-order valence-electron chi connectivity index (χ0n) is 13.6. The standard InChI is InChI=1S/C17H22FN3O/c1-11(2)16(22)19-15-10-14(17(3,4)5)20-21(15)13-8-6-12(18)7-9-13/h6-11H,1-5H3,(H,19,22). The Bertz CT molecular complexity index is 666. The molecule has 4 nitrogen and oxygen atoms in total. The predicted molar refractivity (Wildman–Crippen MR) is 85.7 cm³/mol. The Labute approximate surface area is 130 Å². The number of halogens is 1. The highest BCUT2D eigenvalue weighted by Crippen LogP contribution is 2.26. The van der Waals surface area contributed by atoms with Gasteiger partial charge in [0, 0.05) is 17.4 Å². The average Bonchev–Trinajstić information content (AvgIpc) is 2.83. The minimum atomic E-state index is -0.306. The Hall–Kier alpha value is -2.17. The van der Waals surface area contributed by atoms with Crippen molar-refractivity contribution < 1.29 is 9.18 Å². The predicted octanol–water partition coefficient (Wildman–Crippen LogP) is 3.90. The number of carbonyl (C=O) groups is 1. The van der Waals surface area contributed by atoms with Gasteiger partial charge >= 0.3 is 0 Å². The fourth-order valence-corrected chi connectivity index (χ4v) is 1.89. The van der Waals surface area contributed by atoms with Crippen molar-refractivity contribution in [2.24, 2.45) is 5.92 Å². The summed E-state index contributed by atoms with van der Waals surface area (Å²) in [6, 6.07) is 7.90. The van der Waals surface area contributed by atoms with E-state index in [1.807, 2.05) is 19.9 Å². The molecule has 1 N–H and O–H groups in total. The SMILES string of the molecule is CC(C)C(=O)Nc1cc(C(C)(C)C)nn1-c1ccc(F)cc1. The number of carbonyl (C=O) groups excluding carboxylic acids is 1. The van der Waals surface area contributed by atoms with Gasteiger partial charge in [0.1, 0.15) is 11.6 Å². The van der Waals surface area contributed by atoms with Gasteiger partial charge in [-0.05, 0) is 24.3 Å². The third-order valence-corrected chi connectivity index (χ3v) is 3.32. The Kier molecular flexibility index (Phi) is 4.35. The van der Waals surface area contributed by atoms with E-state index in [2.05, 4.69) is 31.2 Å². The van der Waals surface area contributed by atoms with Gasteiger partial charge in [0.2, 0.25) is 5.91 Å². The molecule has 0 saturated carbocycles. The number of amides is 1. The zero-order valence-corrected chi connectivity index (χ0v) is 13.6. The van der Waals surface area contributed by atoms with E-state index in [0.29, 0.717) is 11.5 Å². The van der Waals surface area contributed by atoms with Gasteiger partial charge in [0.05, 0.1) is 11.4 Å². The maximum atomic E-state index is 13.1. The van der Waals surface area contributed by atoms with Gasteiger partial charge in [-0.2, -0.15) is 5.10 Å². The van der Waals surface area contributed by atoms with Crippen molar-refractivity contribution >= 4 is 11.7 Å². The van der Waals surface area contributed by atoms with E-state index in [1.165, 1.54) is 12.1 Å². The van der Waals surface area contributed by atoms with Gasteiger partial charge in [-0.1, -0.05) is 34.6 Å². The number of nitrogens with zero attached hydrogens (tertiary/aromatic N) is 2. The summed E-state index contributed by atoms with van der Waals surface area (Å²) in [5.41, 5.74) is 1.41. The molecule has 0 radical (unpaired) electrons. The van der Waals surface area contributed by atoms with E-state index in [4.69, 9.17) is 0 Å². The highest BCUT2D eigenvalue weighted by atomic mass is 19.1. The van der Waals surface area contributed by atoms with Crippen molar-refractivity contribution in [1.82, 2.24) is 9.78 Å². The summed E-state index contributed by atoms with van der Waals surface area (Å²) in [7, 11) is 0. The van der Waals surface area contributed by atoms with Crippen molar-refractivity contribution in [3.05, 3.63) is 41.8 Å². The molecule has 0 spiro atoms. The van der Waals surface area contributed by atoms with E-state index in [9.17, 15) is 9.18 Å². The lowest BCUT2D eigenvalue weighted by atomic mass is 9.92. The number of aromatic nitrogens is 2. The van der Waals surface area contributed by atoms with Crippen molar-refractivity contribution in [2.45, 2.75) is 40.0 Å². The summed E-state index contributed by atoms with van der Waals surface area (Å²) in [4.78, 5) is 12.0. The summed E-state index contributed by atoms with van der Waals surface area (Å²) in [5, 5.41) is 7.46. The highest BCUT2D eigenvalue weighted by molar-refractivity contribution is 5.91. The van der Waals surface area contributed by atoms with Crippen LogP contribution in [-0.4, -0.2) is 15.7 Å². The monoisotopic (exact) mass is 303 g/mol. The van der Waals surface area contributed by atoms with Crippen LogP contribution in [-0.2, 0) is 10.2 Å². The van der Waals surface area contributed by atoms with Gasteiger partial charge in [-0.25, -0.2) is 9.07 Å². The zero-order chi connectivity index (χ0) is 16.5. The van der Waals surface area contributed by atoms with E-state index in [0.717, 1.165) is 5.69 Å². The van der Waals surface area contributed by atoms with Crippen LogP contribution >= 0.6 is 0 Å². The number of hydrogen-bond acceptors (Lipinski definition) is 2. The fourth-order valence-electron chi connectivity index (χ4n) is 1.89.